The molecule has 0 heterocycles. The molecule has 0 amide bonds. The monoisotopic (exact) mass is 258 g/mol. The van der Waals surface area contributed by atoms with Crippen molar-refractivity contribution in [2.45, 2.75) is 26.2 Å². The molecule has 0 spiro atoms. The van der Waals surface area contributed by atoms with E-state index in [0.29, 0.717) is 17.9 Å². The lowest BCUT2D eigenvalue weighted by Crippen LogP contribution is -2.06. The zero-order valence-corrected chi connectivity index (χ0v) is 10.4. The molecular formula is C13H16F2O3. The molecule has 0 aliphatic carbocycles. The van der Waals surface area contributed by atoms with Crippen molar-refractivity contribution in [1.82, 2.24) is 0 Å². The lowest BCUT2D eigenvalue weighted by atomic mass is 10.0. The molecule has 0 bridgehead atoms. The number of halogens is 2. The standard InChI is InChI=1S/C13H16F2O3/c1-3-18-12(16)7-4-9-8-10(17-2)5-6-11(9)13(14)15/h5-6,8,13H,3-4,7H2,1-2H3. The lowest BCUT2D eigenvalue weighted by molar-refractivity contribution is -0.143. The maximum Gasteiger partial charge on any atom is 0.306 e. The van der Waals surface area contributed by atoms with Crippen LogP contribution in [0.15, 0.2) is 18.2 Å². The van der Waals surface area contributed by atoms with Crippen molar-refractivity contribution in [2.75, 3.05) is 13.7 Å². The number of aryl methyl sites for hydroxylation is 1. The minimum absolute atomic E-state index is 0.0694. The summed E-state index contributed by atoms with van der Waals surface area (Å²) in [6, 6.07) is 4.33. The normalized spacial score (nSPS) is 10.5. The maximum absolute atomic E-state index is 12.8. The van der Waals surface area contributed by atoms with Gasteiger partial charge in [0, 0.05) is 12.0 Å². The summed E-state index contributed by atoms with van der Waals surface area (Å²) >= 11 is 0. The maximum atomic E-state index is 12.8. The third-order valence-corrected chi connectivity index (χ3v) is 2.49. The topological polar surface area (TPSA) is 35.5 Å². The van der Waals surface area contributed by atoms with E-state index in [1.807, 2.05) is 0 Å². The molecule has 0 unspecified atom stereocenters. The molecule has 0 atom stereocenters. The van der Waals surface area contributed by atoms with E-state index < -0.39 is 6.43 Å². The number of rotatable bonds is 6. The van der Waals surface area contributed by atoms with E-state index in [1.165, 1.54) is 25.3 Å². The first kappa shape index (κ1) is 14.4. The van der Waals surface area contributed by atoms with E-state index in [9.17, 15) is 13.6 Å². The SMILES string of the molecule is CCOC(=O)CCc1cc(OC)ccc1C(F)F. The van der Waals surface area contributed by atoms with Crippen LogP contribution in [-0.4, -0.2) is 19.7 Å². The molecule has 0 aromatic heterocycles. The van der Waals surface area contributed by atoms with E-state index in [2.05, 4.69) is 0 Å². The number of methoxy groups -OCH3 is 1. The molecule has 1 rings (SSSR count). The van der Waals surface area contributed by atoms with Gasteiger partial charge in [0.1, 0.15) is 5.75 Å². The molecule has 0 N–H and O–H groups in total. The van der Waals surface area contributed by atoms with Gasteiger partial charge >= 0.3 is 5.97 Å². The largest absolute Gasteiger partial charge is 0.497 e. The van der Waals surface area contributed by atoms with Crippen molar-refractivity contribution < 1.29 is 23.0 Å². The van der Waals surface area contributed by atoms with Gasteiger partial charge in [-0.1, -0.05) is 0 Å². The van der Waals surface area contributed by atoms with E-state index in [1.54, 1.807) is 6.92 Å². The molecule has 0 fully saturated rings. The quantitative estimate of drug-likeness (QED) is 0.735. The number of alkyl halides is 2. The minimum Gasteiger partial charge on any atom is -0.497 e. The van der Waals surface area contributed by atoms with Gasteiger partial charge in [-0.3, -0.25) is 4.79 Å². The van der Waals surface area contributed by atoms with Gasteiger partial charge < -0.3 is 9.47 Å². The number of esters is 1. The van der Waals surface area contributed by atoms with Crippen molar-refractivity contribution in [1.29, 1.82) is 0 Å². The highest BCUT2D eigenvalue weighted by molar-refractivity contribution is 5.69. The molecular weight excluding hydrogens is 242 g/mol. The van der Waals surface area contributed by atoms with E-state index in [-0.39, 0.29) is 24.4 Å². The van der Waals surface area contributed by atoms with Crippen LogP contribution in [0, 0.1) is 0 Å². The second kappa shape index (κ2) is 6.93. The Morgan fingerprint density at radius 2 is 2.11 bits per heavy atom. The van der Waals surface area contributed by atoms with Crippen molar-refractivity contribution in [3.05, 3.63) is 29.3 Å². The van der Waals surface area contributed by atoms with Crippen molar-refractivity contribution in [3.8, 4) is 5.75 Å². The Balaban J connectivity index is 2.80. The molecule has 1 aromatic carbocycles. The van der Waals surface area contributed by atoms with Crippen LogP contribution in [0.4, 0.5) is 8.78 Å². The van der Waals surface area contributed by atoms with Crippen LogP contribution in [0.5, 0.6) is 5.75 Å². The van der Waals surface area contributed by atoms with Crippen LogP contribution in [0.2, 0.25) is 0 Å². The number of carbonyl (C=O) groups is 1. The third kappa shape index (κ3) is 3.98. The smallest absolute Gasteiger partial charge is 0.306 e. The highest BCUT2D eigenvalue weighted by Gasteiger charge is 2.15. The first-order valence-electron chi connectivity index (χ1n) is 5.69. The van der Waals surface area contributed by atoms with Crippen molar-refractivity contribution in [2.24, 2.45) is 0 Å². The summed E-state index contributed by atoms with van der Waals surface area (Å²) in [6.07, 6.45) is -2.26. The molecule has 0 aliphatic rings. The van der Waals surface area contributed by atoms with Crippen LogP contribution < -0.4 is 4.74 Å². The number of benzene rings is 1. The average Bonchev–Trinajstić information content (AvgIpc) is 2.36. The van der Waals surface area contributed by atoms with E-state index in [0.717, 1.165) is 0 Å². The van der Waals surface area contributed by atoms with Gasteiger partial charge in [0.15, 0.2) is 0 Å². The zero-order chi connectivity index (χ0) is 13.5. The summed E-state index contributed by atoms with van der Waals surface area (Å²) in [7, 11) is 1.46. The van der Waals surface area contributed by atoms with Gasteiger partial charge in [-0.2, -0.15) is 0 Å². The van der Waals surface area contributed by atoms with E-state index >= 15 is 0 Å². The van der Waals surface area contributed by atoms with Crippen LogP contribution in [0.25, 0.3) is 0 Å². The average molecular weight is 258 g/mol. The Morgan fingerprint density at radius 1 is 1.39 bits per heavy atom. The Bertz CT molecular complexity index is 405. The van der Waals surface area contributed by atoms with Crippen LogP contribution in [-0.2, 0) is 16.0 Å². The van der Waals surface area contributed by atoms with Crippen LogP contribution in [0.3, 0.4) is 0 Å². The summed E-state index contributed by atoms with van der Waals surface area (Å²) in [5.41, 5.74) is 0.345. The molecule has 0 radical (unpaired) electrons. The zero-order valence-electron chi connectivity index (χ0n) is 10.4. The second-order valence-electron chi connectivity index (χ2n) is 3.67. The summed E-state index contributed by atoms with van der Waals surface area (Å²) in [5, 5.41) is 0. The Labute approximate surface area is 105 Å². The molecule has 0 saturated carbocycles. The molecule has 3 nitrogen and oxygen atoms in total. The van der Waals surface area contributed by atoms with Crippen molar-refractivity contribution in [3.63, 3.8) is 0 Å². The Hall–Kier alpha value is -1.65. The fourth-order valence-electron chi connectivity index (χ4n) is 1.61. The highest BCUT2D eigenvalue weighted by atomic mass is 19.3. The van der Waals surface area contributed by atoms with Gasteiger partial charge in [0.25, 0.3) is 6.43 Å². The summed E-state index contributed by atoms with van der Waals surface area (Å²) in [6.45, 7) is 1.99. The van der Waals surface area contributed by atoms with Gasteiger partial charge in [-0.05, 0) is 37.1 Å². The number of hydrogen-bond acceptors (Lipinski definition) is 3. The predicted molar refractivity (Wildman–Crippen MR) is 62.9 cm³/mol. The fourth-order valence-corrected chi connectivity index (χ4v) is 1.61. The minimum atomic E-state index is -2.56. The summed E-state index contributed by atoms with van der Waals surface area (Å²) < 4.78 is 35.3. The molecule has 100 valence electrons. The highest BCUT2D eigenvalue weighted by Crippen LogP contribution is 2.27. The number of hydrogen-bond donors (Lipinski definition) is 0. The summed E-state index contributed by atoms with van der Waals surface area (Å²) in [5.74, 6) is 0.110. The Morgan fingerprint density at radius 3 is 2.67 bits per heavy atom. The molecule has 1 aromatic rings. The fraction of sp³-hybridized carbons (Fsp3) is 0.462. The lowest BCUT2D eigenvalue weighted by Gasteiger charge is -2.10. The van der Waals surface area contributed by atoms with Crippen molar-refractivity contribution >= 4 is 5.97 Å². The Kier molecular flexibility index (Phi) is 5.55. The first-order valence-corrected chi connectivity index (χ1v) is 5.69. The van der Waals surface area contributed by atoms with Crippen LogP contribution in [0.1, 0.15) is 30.9 Å². The third-order valence-electron chi connectivity index (χ3n) is 2.49. The number of ether oxygens (including phenoxy) is 2. The van der Waals surface area contributed by atoms with Crippen LogP contribution >= 0.6 is 0 Å². The molecule has 0 saturated heterocycles. The molecule has 18 heavy (non-hydrogen) atoms. The van der Waals surface area contributed by atoms with E-state index in [4.69, 9.17) is 9.47 Å². The number of carbonyl (C=O) groups excluding carboxylic acids is 1. The van der Waals surface area contributed by atoms with Gasteiger partial charge in [0.05, 0.1) is 13.7 Å². The van der Waals surface area contributed by atoms with Gasteiger partial charge in [0.2, 0.25) is 0 Å². The second-order valence-corrected chi connectivity index (χ2v) is 3.67. The summed E-state index contributed by atoms with van der Waals surface area (Å²) in [4.78, 5) is 11.2. The van der Waals surface area contributed by atoms with Gasteiger partial charge in [-0.25, -0.2) is 8.78 Å². The van der Waals surface area contributed by atoms with Gasteiger partial charge in [-0.15, -0.1) is 0 Å². The molecule has 5 heteroatoms. The predicted octanol–water partition coefficient (Wildman–Crippen LogP) is 3.13. The first-order chi connectivity index (χ1) is 8.58. The molecule has 0 aliphatic heterocycles.